The van der Waals surface area contributed by atoms with Gasteiger partial charge in [-0.25, -0.2) is 14.5 Å². The molecular weight excluding hydrogens is 433 g/mol. The van der Waals surface area contributed by atoms with Crippen molar-refractivity contribution in [3.05, 3.63) is 41.0 Å². The van der Waals surface area contributed by atoms with Gasteiger partial charge in [0.15, 0.2) is 5.13 Å². The number of anilines is 1. The van der Waals surface area contributed by atoms with Gasteiger partial charge in [-0.15, -0.1) is 5.10 Å². The molecule has 1 amide bonds. The number of alkyl halides is 3. The zero-order valence-electron chi connectivity index (χ0n) is 16.7. The van der Waals surface area contributed by atoms with E-state index in [2.05, 4.69) is 25.4 Å². The number of aromatic nitrogens is 5. The second-order valence-electron chi connectivity index (χ2n) is 6.78. The van der Waals surface area contributed by atoms with Crippen LogP contribution in [-0.2, 0) is 17.4 Å². The Bertz CT molecular complexity index is 1300. The second kappa shape index (κ2) is 7.76. The van der Waals surface area contributed by atoms with E-state index in [1.165, 1.54) is 11.3 Å². The minimum Gasteiger partial charge on any atom is -0.494 e. The molecule has 0 bridgehead atoms. The fourth-order valence-corrected chi connectivity index (χ4v) is 4.15. The summed E-state index contributed by atoms with van der Waals surface area (Å²) in [5, 5.41) is 6.72. The lowest BCUT2D eigenvalue weighted by atomic mass is 10.1. The number of para-hydroxylation sites is 1. The Morgan fingerprint density at radius 2 is 2.00 bits per heavy atom. The summed E-state index contributed by atoms with van der Waals surface area (Å²) in [5.41, 5.74) is 2.28. The molecule has 0 aliphatic heterocycles. The number of nitrogens with zero attached hydrogens (tertiary/aromatic N) is 5. The molecule has 12 heteroatoms. The molecule has 0 aliphatic carbocycles. The molecule has 3 heterocycles. The maximum Gasteiger partial charge on any atom is 0.453 e. The minimum absolute atomic E-state index is 0.1000. The van der Waals surface area contributed by atoms with Crippen molar-refractivity contribution in [2.24, 2.45) is 0 Å². The van der Waals surface area contributed by atoms with Crippen molar-refractivity contribution in [3.63, 3.8) is 0 Å². The van der Waals surface area contributed by atoms with E-state index >= 15 is 0 Å². The highest BCUT2D eigenvalue weighted by Gasteiger charge is 2.37. The van der Waals surface area contributed by atoms with Gasteiger partial charge in [-0.3, -0.25) is 4.79 Å². The zero-order valence-corrected chi connectivity index (χ0v) is 17.6. The predicted molar refractivity (Wildman–Crippen MR) is 108 cm³/mol. The van der Waals surface area contributed by atoms with Gasteiger partial charge < -0.3 is 10.1 Å². The van der Waals surface area contributed by atoms with E-state index in [1.54, 1.807) is 27.0 Å². The molecule has 0 aliphatic rings. The molecule has 0 saturated heterocycles. The monoisotopic (exact) mass is 450 g/mol. The molecule has 1 N–H and O–H groups in total. The Labute approximate surface area is 178 Å². The number of hydrogen-bond donors (Lipinski definition) is 1. The van der Waals surface area contributed by atoms with Gasteiger partial charge in [0, 0.05) is 17.8 Å². The molecular formula is C19H17F3N6O2S. The molecule has 31 heavy (non-hydrogen) atoms. The lowest BCUT2D eigenvalue weighted by Crippen LogP contribution is -2.14. The lowest BCUT2D eigenvalue weighted by Gasteiger charge is -2.10. The summed E-state index contributed by atoms with van der Waals surface area (Å²) >= 11 is 1.33. The molecule has 0 unspecified atom stereocenters. The van der Waals surface area contributed by atoms with E-state index in [-0.39, 0.29) is 24.5 Å². The number of hydrogen-bond acceptors (Lipinski definition) is 7. The Balaban J connectivity index is 1.51. The summed E-state index contributed by atoms with van der Waals surface area (Å²) in [6.07, 6.45) is -4.28. The molecule has 3 aromatic heterocycles. The molecule has 8 nitrogen and oxygen atoms in total. The van der Waals surface area contributed by atoms with Gasteiger partial charge in [0.25, 0.3) is 11.6 Å². The van der Waals surface area contributed by atoms with Crippen LogP contribution in [0.2, 0.25) is 0 Å². The number of ether oxygens (including phenoxy) is 1. The first-order valence-corrected chi connectivity index (χ1v) is 10.0. The molecule has 1 aromatic carbocycles. The van der Waals surface area contributed by atoms with E-state index in [9.17, 15) is 18.0 Å². The van der Waals surface area contributed by atoms with Crippen LogP contribution in [0.15, 0.2) is 18.2 Å². The number of nitrogens with one attached hydrogen (secondary N) is 1. The maximum absolute atomic E-state index is 12.9. The van der Waals surface area contributed by atoms with Crippen LogP contribution in [0.5, 0.6) is 5.75 Å². The number of fused-ring (bicyclic) bond motifs is 2. The average Bonchev–Trinajstić information content (AvgIpc) is 3.31. The van der Waals surface area contributed by atoms with E-state index in [0.29, 0.717) is 33.3 Å². The van der Waals surface area contributed by atoms with Gasteiger partial charge in [-0.05, 0) is 38.0 Å². The van der Waals surface area contributed by atoms with Crippen molar-refractivity contribution in [2.75, 3.05) is 12.4 Å². The van der Waals surface area contributed by atoms with Crippen molar-refractivity contribution < 1.29 is 22.7 Å². The fourth-order valence-electron chi connectivity index (χ4n) is 3.25. The van der Waals surface area contributed by atoms with Gasteiger partial charge in [0.1, 0.15) is 11.3 Å². The van der Waals surface area contributed by atoms with Crippen molar-refractivity contribution in [2.45, 2.75) is 32.9 Å². The normalized spacial score (nSPS) is 11.9. The number of carbonyl (C=O) groups is 1. The number of carbonyl (C=O) groups excluding carboxylic acids is 1. The summed E-state index contributed by atoms with van der Waals surface area (Å²) < 4.78 is 45.9. The van der Waals surface area contributed by atoms with Gasteiger partial charge in [0.05, 0.1) is 11.8 Å². The third-order valence-electron chi connectivity index (χ3n) is 4.75. The second-order valence-corrected chi connectivity index (χ2v) is 7.81. The van der Waals surface area contributed by atoms with Gasteiger partial charge in [-0.2, -0.15) is 18.2 Å². The first-order valence-electron chi connectivity index (χ1n) is 9.21. The van der Waals surface area contributed by atoms with Gasteiger partial charge >= 0.3 is 6.18 Å². The average molecular weight is 450 g/mol. The SMILES string of the molecule is COc1cccc2sc(NC(=O)CCc3c(C)nc4nc(C(F)(F)F)nn4c3C)nc12. The van der Waals surface area contributed by atoms with Crippen molar-refractivity contribution in [3.8, 4) is 5.75 Å². The summed E-state index contributed by atoms with van der Waals surface area (Å²) in [6, 6.07) is 5.51. The topological polar surface area (TPSA) is 94.3 Å². The molecule has 0 spiro atoms. The van der Waals surface area contributed by atoms with Gasteiger partial charge in [0.2, 0.25) is 5.91 Å². The molecule has 4 aromatic rings. The summed E-state index contributed by atoms with van der Waals surface area (Å²) in [7, 11) is 1.55. The number of amides is 1. The largest absolute Gasteiger partial charge is 0.494 e. The number of halogens is 3. The fraction of sp³-hybridized carbons (Fsp3) is 0.316. The van der Waals surface area contributed by atoms with Crippen molar-refractivity contribution in [1.82, 2.24) is 24.6 Å². The molecule has 162 valence electrons. The van der Waals surface area contributed by atoms with Crippen LogP contribution in [0.4, 0.5) is 18.3 Å². The number of aryl methyl sites for hydroxylation is 2. The van der Waals surface area contributed by atoms with Crippen LogP contribution in [-0.4, -0.2) is 37.6 Å². The van der Waals surface area contributed by atoms with E-state index in [0.717, 1.165) is 9.22 Å². The number of thiazole rings is 1. The first-order chi connectivity index (χ1) is 14.7. The third-order valence-corrected chi connectivity index (χ3v) is 5.69. The Hall–Kier alpha value is -3.28. The Morgan fingerprint density at radius 3 is 2.71 bits per heavy atom. The molecule has 4 rings (SSSR count). The Kier molecular flexibility index (Phi) is 5.25. The molecule has 0 fully saturated rings. The zero-order chi connectivity index (χ0) is 22.3. The highest BCUT2D eigenvalue weighted by molar-refractivity contribution is 7.22. The smallest absolute Gasteiger partial charge is 0.453 e. The number of benzene rings is 1. The molecule has 0 atom stereocenters. The number of methoxy groups -OCH3 is 1. The first kappa shape index (κ1) is 21.0. The third kappa shape index (κ3) is 4.02. The standard InChI is InChI=1S/C19H17F3N6O2S/c1-9-11(10(2)28-17(23-9)26-16(27-28)19(20,21)22)7-8-14(29)24-18-25-15-12(30-3)5-4-6-13(15)31-18/h4-6H,7-8H2,1-3H3,(H,24,25,29). The van der Waals surface area contributed by atoms with Crippen LogP contribution in [0.25, 0.3) is 16.0 Å². The van der Waals surface area contributed by atoms with Crippen molar-refractivity contribution >= 4 is 38.4 Å². The van der Waals surface area contributed by atoms with Crippen LogP contribution >= 0.6 is 11.3 Å². The highest BCUT2D eigenvalue weighted by Crippen LogP contribution is 2.32. The summed E-state index contributed by atoms with van der Waals surface area (Å²) in [5.74, 6) is -1.03. The van der Waals surface area contributed by atoms with E-state index in [1.807, 2.05) is 12.1 Å². The summed E-state index contributed by atoms with van der Waals surface area (Å²) in [4.78, 5) is 24.4. The lowest BCUT2D eigenvalue weighted by molar-refractivity contribution is -0.144. The quantitative estimate of drug-likeness (QED) is 0.495. The summed E-state index contributed by atoms with van der Waals surface area (Å²) in [6.45, 7) is 3.30. The highest BCUT2D eigenvalue weighted by atomic mass is 32.1. The number of rotatable bonds is 5. The Morgan fingerprint density at radius 1 is 1.23 bits per heavy atom. The maximum atomic E-state index is 12.9. The van der Waals surface area contributed by atoms with Crippen LogP contribution < -0.4 is 10.1 Å². The van der Waals surface area contributed by atoms with Crippen LogP contribution in [0.3, 0.4) is 0 Å². The van der Waals surface area contributed by atoms with E-state index < -0.39 is 12.0 Å². The molecule has 0 saturated carbocycles. The van der Waals surface area contributed by atoms with Crippen LogP contribution in [0.1, 0.15) is 29.2 Å². The van der Waals surface area contributed by atoms with Crippen molar-refractivity contribution in [1.29, 1.82) is 0 Å². The van der Waals surface area contributed by atoms with Gasteiger partial charge in [-0.1, -0.05) is 17.4 Å². The molecule has 0 radical (unpaired) electrons. The van der Waals surface area contributed by atoms with Crippen LogP contribution in [0, 0.1) is 13.8 Å². The van der Waals surface area contributed by atoms with E-state index in [4.69, 9.17) is 4.74 Å². The predicted octanol–water partition coefficient (Wildman–Crippen LogP) is 3.95. The minimum atomic E-state index is -4.66.